The van der Waals surface area contributed by atoms with Gasteiger partial charge in [0.2, 0.25) is 0 Å². The molecule has 0 spiro atoms. The van der Waals surface area contributed by atoms with Gasteiger partial charge in [0, 0.05) is 41.8 Å². The van der Waals surface area contributed by atoms with Crippen LogP contribution in [-0.4, -0.2) is 27.5 Å². The van der Waals surface area contributed by atoms with Crippen LogP contribution in [-0.2, 0) is 11.4 Å². The Morgan fingerprint density at radius 3 is 2.52 bits per heavy atom. The lowest BCUT2D eigenvalue weighted by atomic mass is 10.1. The van der Waals surface area contributed by atoms with E-state index in [4.69, 9.17) is 25.8 Å². The first kappa shape index (κ1) is 28.1. The Labute approximate surface area is 247 Å². The monoisotopic (exact) mass is 577 g/mol. The second kappa shape index (κ2) is 13.3. The molecule has 0 amide bonds. The van der Waals surface area contributed by atoms with Gasteiger partial charge in [0.15, 0.2) is 11.5 Å². The van der Waals surface area contributed by atoms with Gasteiger partial charge in [-0.1, -0.05) is 23.7 Å². The molecule has 0 aliphatic heterocycles. The smallest absolute Gasteiger partial charge is 0.336 e. The molecule has 10 heteroatoms. The molecule has 42 heavy (non-hydrogen) atoms. The van der Waals surface area contributed by atoms with Crippen molar-refractivity contribution in [1.29, 1.82) is 5.26 Å². The fraction of sp³-hybridized carbons (Fsp3) is 0.0938. The summed E-state index contributed by atoms with van der Waals surface area (Å²) in [6, 6.07) is 21.6. The van der Waals surface area contributed by atoms with Crippen LogP contribution in [0.3, 0.4) is 0 Å². The standard InChI is InChI=1S/C32H24ClN5O4/c1-2-40-29-17-27-25(16-30(29)42-31(39)12-10-22-7-3-5-13-35-22)32(21(18-34)19-37-27)38-23-9-11-28(26(33)15-23)41-20-24-8-4-6-14-36-24/h3-17,19H,2,20H2,1H3,(H,37,38)/b12-10+. The number of pyridine rings is 3. The zero-order valence-corrected chi connectivity index (χ0v) is 23.2. The number of hydrogen-bond donors (Lipinski definition) is 1. The van der Waals surface area contributed by atoms with Crippen molar-refractivity contribution < 1.29 is 19.0 Å². The first-order valence-electron chi connectivity index (χ1n) is 12.9. The lowest BCUT2D eigenvalue weighted by molar-refractivity contribution is -0.129. The number of ether oxygens (including phenoxy) is 3. The average molecular weight is 578 g/mol. The highest BCUT2D eigenvalue weighted by Gasteiger charge is 2.17. The van der Waals surface area contributed by atoms with Crippen LogP contribution >= 0.6 is 11.6 Å². The van der Waals surface area contributed by atoms with Crippen LogP contribution < -0.4 is 19.5 Å². The molecule has 0 atom stereocenters. The molecule has 0 unspecified atom stereocenters. The van der Waals surface area contributed by atoms with Gasteiger partial charge in [-0.05, 0) is 61.5 Å². The quantitative estimate of drug-likeness (QED) is 0.107. The van der Waals surface area contributed by atoms with Crippen LogP contribution in [0.5, 0.6) is 17.2 Å². The lowest BCUT2D eigenvalue weighted by Crippen LogP contribution is -2.07. The summed E-state index contributed by atoms with van der Waals surface area (Å²) in [6.45, 7) is 2.43. The van der Waals surface area contributed by atoms with Crippen LogP contribution in [0.25, 0.3) is 17.0 Å². The number of fused-ring (bicyclic) bond motifs is 1. The van der Waals surface area contributed by atoms with Gasteiger partial charge in [0.25, 0.3) is 0 Å². The van der Waals surface area contributed by atoms with Crippen LogP contribution in [0.4, 0.5) is 11.4 Å². The molecule has 5 rings (SSSR count). The average Bonchev–Trinajstić information content (AvgIpc) is 3.01. The molecule has 0 aliphatic carbocycles. The number of carbonyl (C=O) groups is 1. The number of nitrogens with zero attached hydrogens (tertiary/aromatic N) is 4. The minimum Gasteiger partial charge on any atom is -0.490 e. The molecule has 1 N–H and O–H groups in total. The number of hydrogen-bond acceptors (Lipinski definition) is 9. The summed E-state index contributed by atoms with van der Waals surface area (Å²) in [4.78, 5) is 25.5. The van der Waals surface area contributed by atoms with E-state index in [1.165, 1.54) is 12.3 Å². The largest absolute Gasteiger partial charge is 0.490 e. The van der Waals surface area contributed by atoms with Crippen LogP contribution in [0, 0.1) is 11.3 Å². The van der Waals surface area contributed by atoms with Gasteiger partial charge < -0.3 is 19.5 Å². The summed E-state index contributed by atoms with van der Waals surface area (Å²) in [5, 5.41) is 14.0. The molecule has 3 heterocycles. The van der Waals surface area contributed by atoms with Crippen LogP contribution in [0.2, 0.25) is 5.02 Å². The number of benzene rings is 2. The maximum absolute atomic E-state index is 12.7. The molecule has 3 aromatic heterocycles. The Morgan fingerprint density at radius 1 is 0.976 bits per heavy atom. The number of halogens is 1. The topological polar surface area (TPSA) is 119 Å². The fourth-order valence-corrected chi connectivity index (χ4v) is 4.25. The van der Waals surface area contributed by atoms with Crippen molar-refractivity contribution in [3.05, 3.63) is 113 Å². The van der Waals surface area contributed by atoms with E-state index >= 15 is 0 Å². The molecule has 208 valence electrons. The van der Waals surface area contributed by atoms with E-state index in [2.05, 4.69) is 26.3 Å². The highest BCUT2D eigenvalue weighted by atomic mass is 35.5. The van der Waals surface area contributed by atoms with E-state index in [1.807, 2.05) is 31.2 Å². The van der Waals surface area contributed by atoms with Crippen molar-refractivity contribution >= 4 is 45.9 Å². The highest BCUT2D eigenvalue weighted by molar-refractivity contribution is 6.32. The number of carbonyl (C=O) groups excluding carboxylic acids is 1. The third-order valence-corrected chi connectivity index (χ3v) is 6.24. The number of nitrogens with one attached hydrogen (secondary N) is 1. The number of nitriles is 1. The second-order valence-corrected chi connectivity index (χ2v) is 9.20. The maximum atomic E-state index is 12.7. The van der Waals surface area contributed by atoms with Gasteiger partial charge in [-0.15, -0.1) is 0 Å². The number of esters is 1. The van der Waals surface area contributed by atoms with Gasteiger partial charge in [0.1, 0.15) is 18.4 Å². The first-order valence-corrected chi connectivity index (χ1v) is 13.3. The summed E-state index contributed by atoms with van der Waals surface area (Å²) < 4.78 is 17.2. The first-order chi connectivity index (χ1) is 20.5. The number of aromatic nitrogens is 3. The van der Waals surface area contributed by atoms with Crippen molar-refractivity contribution in [2.24, 2.45) is 0 Å². The Kier molecular flexibility index (Phi) is 8.87. The lowest BCUT2D eigenvalue weighted by Gasteiger charge is -2.16. The fourth-order valence-electron chi connectivity index (χ4n) is 4.01. The van der Waals surface area contributed by atoms with Crippen LogP contribution in [0.15, 0.2) is 91.4 Å². The van der Waals surface area contributed by atoms with Crippen molar-refractivity contribution in [1.82, 2.24) is 15.0 Å². The molecule has 5 aromatic rings. The molecular weight excluding hydrogens is 554 g/mol. The van der Waals surface area contributed by atoms with Crippen molar-refractivity contribution in [2.75, 3.05) is 11.9 Å². The van der Waals surface area contributed by atoms with Crippen molar-refractivity contribution in [3.8, 4) is 23.3 Å². The minimum atomic E-state index is -0.618. The Balaban J connectivity index is 1.44. The van der Waals surface area contributed by atoms with E-state index < -0.39 is 5.97 Å². The van der Waals surface area contributed by atoms with E-state index in [9.17, 15) is 10.1 Å². The molecule has 0 radical (unpaired) electrons. The van der Waals surface area contributed by atoms with Gasteiger partial charge >= 0.3 is 5.97 Å². The van der Waals surface area contributed by atoms with Crippen molar-refractivity contribution in [2.45, 2.75) is 13.5 Å². The molecule has 0 saturated carbocycles. The molecule has 2 aromatic carbocycles. The minimum absolute atomic E-state index is 0.177. The maximum Gasteiger partial charge on any atom is 0.336 e. The predicted octanol–water partition coefficient (Wildman–Crippen LogP) is 6.89. The van der Waals surface area contributed by atoms with Gasteiger partial charge in [-0.25, -0.2) is 4.79 Å². The van der Waals surface area contributed by atoms with Crippen molar-refractivity contribution in [3.63, 3.8) is 0 Å². The zero-order valence-electron chi connectivity index (χ0n) is 22.5. The molecular formula is C32H24ClN5O4. The molecule has 0 fully saturated rings. The van der Waals surface area contributed by atoms with Gasteiger partial charge in [-0.3, -0.25) is 15.0 Å². The van der Waals surface area contributed by atoms with E-state index in [0.717, 1.165) is 5.69 Å². The van der Waals surface area contributed by atoms with Gasteiger partial charge in [-0.2, -0.15) is 5.26 Å². The van der Waals surface area contributed by atoms with E-state index in [1.54, 1.807) is 60.9 Å². The number of anilines is 2. The normalized spacial score (nSPS) is 10.8. The Bertz CT molecular complexity index is 1790. The molecule has 0 bridgehead atoms. The SMILES string of the molecule is CCOc1cc2ncc(C#N)c(Nc3ccc(OCc4ccccn4)c(Cl)c3)c2cc1OC(=O)/C=C/c1ccccn1. The number of rotatable bonds is 10. The summed E-state index contributed by atoms with van der Waals surface area (Å²) in [5.74, 6) is 0.386. The third kappa shape index (κ3) is 6.81. The van der Waals surface area contributed by atoms with E-state index in [-0.39, 0.29) is 17.9 Å². The molecule has 0 aliphatic rings. The summed E-state index contributed by atoms with van der Waals surface area (Å²) in [6.07, 6.45) is 7.63. The third-order valence-electron chi connectivity index (χ3n) is 5.95. The Hall–Kier alpha value is -5.46. The highest BCUT2D eigenvalue weighted by Crippen LogP contribution is 2.38. The summed E-state index contributed by atoms with van der Waals surface area (Å²) in [5.41, 5.74) is 3.27. The predicted molar refractivity (Wildman–Crippen MR) is 160 cm³/mol. The van der Waals surface area contributed by atoms with E-state index in [0.29, 0.717) is 51.1 Å². The summed E-state index contributed by atoms with van der Waals surface area (Å²) >= 11 is 6.52. The molecule has 0 saturated heterocycles. The van der Waals surface area contributed by atoms with Crippen LogP contribution in [0.1, 0.15) is 23.9 Å². The van der Waals surface area contributed by atoms with Gasteiger partial charge in [0.05, 0.1) is 39.8 Å². The second-order valence-electron chi connectivity index (χ2n) is 8.80. The molecule has 9 nitrogen and oxygen atoms in total. The Morgan fingerprint density at radius 2 is 1.81 bits per heavy atom. The summed E-state index contributed by atoms with van der Waals surface area (Å²) in [7, 11) is 0. The zero-order chi connectivity index (χ0) is 29.3.